The number of rotatable bonds is 4. The van der Waals surface area contributed by atoms with E-state index in [2.05, 4.69) is 4.72 Å². The third-order valence-electron chi connectivity index (χ3n) is 2.87. The molecule has 1 aromatic rings. The summed E-state index contributed by atoms with van der Waals surface area (Å²) in [5.41, 5.74) is -0.0463. The number of aromatic carboxylic acids is 1. The van der Waals surface area contributed by atoms with Crippen LogP contribution in [0.15, 0.2) is 21.6 Å². The Morgan fingerprint density at radius 1 is 1.53 bits per heavy atom. The van der Waals surface area contributed by atoms with Crippen LogP contribution in [0.2, 0.25) is 0 Å². The first-order valence-electron chi connectivity index (χ1n) is 5.08. The molecule has 0 radical (unpaired) electrons. The molecule has 0 saturated heterocycles. The summed E-state index contributed by atoms with van der Waals surface area (Å²) in [6, 6.07) is 2.14. The van der Waals surface area contributed by atoms with Crippen LogP contribution in [-0.4, -0.2) is 25.5 Å². The number of sulfonamides is 1. The third kappa shape index (κ3) is 2.34. The van der Waals surface area contributed by atoms with Gasteiger partial charge < -0.3 is 9.52 Å². The quantitative estimate of drug-likeness (QED) is 0.842. The van der Waals surface area contributed by atoms with Crippen molar-refractivity contribution in [2.24, 2.45) is 5.41 Å². The molecule has 1 aliphatic carbocycles. The van der Waals surface area contributed by atoms with Crippen molar-refractivity contribution >= 4 is 16.0 Å². The van der Waals surface area contributed by atoms with E-state index in [1.807, 2.05) is 13.8 Å². The van der Waals surface area contributed by atoms with E-state index in [1.54, 1.807) is 0 Å². The molecule has 0 bridgehead atoms. The lowest BCUT2D eigenvalue weighted by molar-refractivity contribution is 0.0656. The van der Waals surface area contributed by atoms with Gasteiger partial charge in [0.05, 0.1) is 0 Å². The van der Waals surface area contributed by atoms with Crippen molar-refractivity contribution in [1.29, 1.82) is 0 Å². The summed E-state index contributed by atoms with van der Waals surface area (Å²) in [4.78, 5) is 10.6. The normalized spacial score (nSPS) is 22.4. The van der Waals surface area contributed by atoms with Crippen LogP contribution >= 0.6 is 0 Å². The van der Waals surface area contributed by atoms with E-state index < -0.39 is 16.0 Å². The van der Waals surface area contributed by atoms with Gasteiger partial charge in [-0.1, -0.05) is 13.8 Å². The molecule has 1 aliphatic rings. The minimum Gasteiger partial charge on any atom is -0.475 e. The molecule has 17 heavy (non-hydrogen) atoms. The monoisotopic (exact) mass is 259 g/mol. The van der Waals surface area contributed by atoms with Crippen molar-refractivity contribution in [1.82, 2.24) is 4.72 Å². The number of carbonyl (C=O) groups is 1. The zero-order valence-electron chi connectivity index (χ0n) is 9.43. The topological polar surface area (TPSA) is 96.6 Å². The number of carboxylic acid groups (broad SMARTS) is 1. The van der Waals surface area contributed by atoms with Crippen molar-refractivity contribution in [3.05, 3.63) is 17.9 Å². The van der Waals surface area contributed by atoms with Gasteiger partial charge in [-0.2, -0.15) is 0 Å². The summed E-state index contributed by atoms with van der Waals surface area (Å²) < 4.78 is 30.8. The van der Waals surface area contributed by atoms with Gasteiger partial charge in [0.15, 0.2) is 0 Å². The van der Waals surface area contributed by atoms with Crippen LogP contribution < -0.4 is 4.72 Å². The van der Waals surface area contributed by atoms with E-state index >= 15 is 0 Å². The molecule has 1 unspecified atom stereocenters. The highest BCUT2D eigenvalue weighted by molar-refractivity contribution is 7.89. The predicted molar refractivity (Wildman–Crippen MR) is 58.2 cm³/mol. The van der Waals surface area contributed by atoms with Crippen LogP contribution in [0.25, 0.3) is 0 Å². The van der Waals surface area contributed by atoms with Gasteiger partial charge in [0.25, 0.3) is 10.0 Å². The van der Waals surface area contributed by atoms with Crippen LogP contribution in [0.1, 0.15) is 30.8 Å². The highest BCUT2D eigenvalue weighted by Gasteiger charge is 2.48. The van der Waals surface area contributed by atoms with Crippen LogP contribution in [0.3, 0.4) is 0 Å². The Balaban J connectivity index is 2.17. The van der Waals surface area contributed by atoms with Gasteiger partial charge in [0.1, 0.15) is 0 Å². The molecular weight excluding hydrogens is 246 g/mol. The smallest absolute Gasteiger partial charge is 0.371 e. The van der Waals surface area contributed by atoms with E-state index in [1.165, 1.54) is 0 Å². The maximum atomic E-state index is 11.8. The number of nitrogens with one attached hydrogen (secondary N) is 1. The average Bonchev–Trinajstić information content (AvgIpc) is 2.68. The first kappa shape index (κ1) is 12.1. The number of hydrogen-bond acceptors (Lipinski definition) is 4. The molecule has 1 aromatic heterocycles. The maximum Gasteiger partial charge on any atom is 0.371 e. The molecule has 0 amide bonds. The summed E-state index contributed by atoms with van der Waals surface area (Å²) in [6.07, 6.45) is 0.763. The van der Waals surface area contributed by atoms with Gasteiger partial charge >= 0.3 is 5.97 Å². The fourth-order valence-electron chi connectivity index (χ4n) is 1.49. The van der Waals surface area contributed by atoms with Gasteiger partial charge in [0.2, 0.25) is 10.9 Å². The van der Waals surface area contributed by atoms with Crippen LogP contribution in [0.5, 0.6) is 0 Å². The SMILES string of the molecule is CC1(C)CC1NS(=O)(=O)c1ccc(C(=O)O)o1. The Hall–Kier alpha value is -1.34. The van der Waals surface area contributed by atoms with E-state index in [4.69, 9.17) is 9.52 Å². The van der Waals surface area contributed by atoms with Crippen LogP contribution in [0.4, 0.5) is 0 Å². The minimum atomic E-state index is -3.76. The second-order valence-corrected chi connectivity index (χ2v) is 6.44. The van der Waals surface area contributed by atoms with Crippen molar-refractivity contribution in [2.75, 3.05) is 0 Å². The molecule has 2 N–H and O–H groups in total. The molecule has 0 aromatic carbocycles. The third-order valence-corrected chi connectivity index (χ3v) is 4.21. The Kier molecular flexibility index (Phi) is 2.55. The Labute approximate surface area is 98.7 Å². The number of hydrogen-bond donors (Lipinski definition) is 2. The summed E-state index contributed by atoms with van der Waals surface area (Å²) in [5.74, 6) is -1.68. The van der Waals surface area contributed by atoms with Crippen LogP contribution in [-0.2, 0) is 10.0 Å². The first-order valence-corrected chi connectivity index (χ1v) is 6.56. The largest absolute Gasteiger partial charge is 0.475 e. The highest BCUT2D eigenvalue weighted by atomic mass is 32.2. The molecule has 2 rings (SSSR count). The van der Waals surface area contributed by atoms with Gasteiger partial charge in [-0.05, 0) is 24.0 Å². The average molecular weight is 259 g/mol. The van der Waals surface area contributed by atoms with E-state index in [-0.39, 0.29) is 22.3 Å². The van der Waals surface area contributed by atoms with Gasteiger partial charge in [0, 0.05) is 6.04 Å². The molecule has 94 valence electrons. The highest BCUT2D eigenvalue weighted by Crippen LogP contribution is 2.45. The molecular formula is C10H13NO5S. The summed E-state index contributed by atoms with van der Waals surface area (Å²) in [5, 5.41) is 8.27. The second kappa shape index (κ2) is 3.58. The Morgan fingerprint density at radius 2 is 2.12 bits per heavy atom. The minimum absolute atomic E-state index is 0.0463. The summed E-state index contributed by atoms with van der Waals surface area (Å²) in [7, 11) is -3.76. The molecule has 1 atom stereocenters. The second-order valence-electron chi connectivity index (χ2n) is 4.79. The molecule has 1 fully saturated rings. The Bertz CT molecular complexity index is 557. The number of furan rings is 1. The fraction of sp³-hybridized carbons (Fsp3) is 0.500. The summed E-state index contributed by atoms with van der Waals surface area (Å²) >= 11 is 0. The van der Waals surface area contributed by atoms with Crippen molar-refractivity contribution < 1.29 is 22.7 Å². The van der Waals surface area contributed by atoms with Crippen molar-refractivity contribution in [3.63, 3.8) is 0 Å². The standard InChI is InChI=1S/C10H13NO5S/c1-10(2)5-7(10)11-17(14,15)8-4-3-6(16-8)9(12)13/h3-4,7,11H,5H2,1-2H3,(H,12,13). The molecule has 6 nitrogen and oxygen atoms in total. The van der Waals surface area contributed by atoms with E-state index in [0.29, 0.717) is 0 Å². The van der Waals surface area contributed by atoms with E-state index in [0.717, 1.165) is 18.6 Å². The Morgan fingerprint density at radius 3 is 2.53 bits per heavy atom. The van der Waals surface area contributed by atoms with Crippen molar-refractivity contribution in [3.8, 4) is 0 Å². The zero-order chi connectivity index (χ0) is 12.8. The zero-order valence-corrected chi connectivity index (χ0v) is 10.2. The molecule has 0 aliphatic heterocycles. The first-order chi connectivity index (χ1) is 7.72. The lowest BCUT2D eigenvalue weighted by atomic mass is 10.2. The van der Waals surface area contributed by atoms with Gasteiger partial charge in [-0.3, -0.25) is 0 Å². The molecule has 1 heterocycles. The molecule has 7 heteroatoms. The molecule has 1 saturated carbocycles. The molecule has 0 spiro atoms. The summed E-state index contributed by atoms with van der Waals surface area (Å²) in [6.45, 7) is 3.90. The number of carboxylic acids is 1. The lowest BCUT2D eigenvalue weighted by Gasteiger charge is -2.05. The predicted octanol–water partition coefficient (Wildman–Crippen LogP) is 1.05. The van der Waals surface area contributed by atoms with E-state index in [9.17, 15) is 13.2 Å². The lowest BCUT2D eigenvalue weighted by Crippen LogP contribution is -2.28. The fourth-order valence-corrected chi connectivity index (χ4v) is 2.83. The maximum absolute atomic E-state index is 11.8. The van der Waals surface area contributed by atoms with Crippen molar-refractivity contribution in [2.45, 2.75) is 31.4 Å². The van der Waals surface area contributed by atoms with Gasteiger partial charge in [-0.25, -0.2) is 17.9 Å². The van der Waals surface area contributed by atoms with Crippen LogP contribution in [0, 0.1) is 5.41 Å². The van der Waals surface area contributed by atoms with Gasteiger partial charge in [-0.15, -0.1) is 0 Å².